The van der Waals surface area contributed by atoms with Crippen molar-refractivity contribution in [2.45, 2.75) is 37.4 Å². The van der Waals surface area contributed by atoms with Gasteiger partial charge in [0.2, 0.25) is 11.8 Å². The molecule has 1 aromatic heterocycles. The van der Waals surface area contributed by atoms with Crippen molar-refractivity contribution in [2.75, 3.05) is 17.2 Å². The summed E-state index contributed by atoms with van der Waals surface area (Å²) in [5, 5.41) is 5.72. The van der Waals surface area contributed by atoms with Crippen molar-refractivity contribution < 1.29 is 14.4 Å². The minimum Gasteiger partial charge on any atom is -0.327 e. The SMILES string of the molecule is O=C(Nc1ccc2c(c1)C(=O)N1CCCC1C(=O)N2)C1CC(c2cccnc2)NN1. The van der Waals surface area contributed by atoms with Crippen LogP contribution < -0.4 is 21.5 Å². The van der Waals surface area contributed by atoms with E-state index in [0.29, 0.717) is 36.3 Å². The summed E-state index contributed by atoms with van der Waals surface area (Å²) in [6, 6.07) is 7.98. The van der Waals surface area contributed by atoms with Gasteiger partial charge in [-0.05, 0) is 49.1 Å². The molecule has 0 radical (unpaired) electrons. The van der Waals surface area contributed by atoms with E-state index in [0.717, 1.165) is 12.0 Å². The van der Waals surface area contributed by atoms with Gasteiger partial charge in [0.05, 0.1) is 11.3 Å². The molecule has 1 aromatic carbocycles. The van der Waals surface area contributed by atoms with Gasteiger partial charge in [-0.1, -0.05) is 6.07 Å². The molecule has 9 heteroatoms. The van der Waals surface area contributed by atoms with E-state index < -0.39 is 12.1 Å². The molecular weight excluding hydrogens is 384 g/mol. The van der Waals surface area contributed by atoms with Crippen molar-refractivity contribution >= 4 is 29.1 Å². The van der Waals surface area contributed by atoms with E-state index in [9.17, 15) is 14.4 Å². The fourth-order valence-electron chi connectivity index (χ4n) is 4.32. The van der Waals surface area contributed by atoms with Gasteiger partial charge in [-0.25, -0.2) is 10.9 Å². The molecule has 3 aliphatic heterocycles. The molecule has 0 spiro atoms. The molecule has 0 bridgehead atoms. The molecule has 4 N–H and O–H groups in total. The number of pyridine rings is 1. The van der Waals surface area contributed by atoms with Crippen molar-refractivity contribution in [3.63, 3.8) is 0 Å². The highest BCUT2D eigenvalue weighted by Gasteiger charge is 2.38. The topological polar surface area (TPSA) is 115 Å². The fraction of sp³-hybridized carbons (Fsp3) is 0.333. The Morgan fingerprint density at radius 3 is 2.93 bits per heavy atom. The van der Waals surface area contributed by atoms with Gasteiger partial charge in [0.15, 0.2) is 0 Å². The van der Waals surface area contributed by atoms with E-state index in [4.69, 9.17) is 0 Å². The molecule has 4 heterocycles. The number of hydrazine groups is 1. The number of aromatic nitrogens is 1. The molecule has 2 aromatic rings. The van der Waals surface area contributed by atoms with Crippen LogP contribution in [0.5, 0.6) is 0 Å². The molecule has 0 aliphatic carbocycles. The zero-order valence-corrected chi connectivity index (χ0v) is 16.2. The van der Waals surface area contributed by atoms with Crippen molar-refractivity contribution in [2.24, 2.45) is 0 Å². The van der Waals surface area contributed by atoms with E-state index in [-0.39, 0.29) is 23.8 Å². The zero-order chi connectivity index (χ0) is 20.7. The van der Waals surface area contributed by atoms with Gasteiger partial charge in [0.25, 0.3) is 5.91 Å². The van der Waals surface area contributed by atoms with Gasteiger partial charge in [0.1, 0.15) is 12.1 Å². The highest BCUT2D eigenvalue weighted by Crippen LogP contribution is 2.30. The molecule has 0 saturated carbocycles. The van der Waals surface area contributed by atoms with Crippen LogP contribution in [-0.4, -0.2) is 46.2 Å². The Bertz CT molecular complexity index is 1010. The van der Waals surface area contributed by atoms with Crippen LogP contribution in [0.1, 0.15) is 41.2 Å². The average molecular weight is 406 g/mol. The number of nitrogens with zero attached hydrogens (tertiary/aromatic N) is 2. The van der Waals surface area contributed by atoms with Crippen LogP contribution in [0.3, 0.4) is 0 Å². The summed E-state index contributed by atoms with van der Waals surface area (Å²) in [5.41, 5.74) is 8.55. The standard InChI is InChI=1S/C21H22N6O3/c28-19(17-10-16(25-26-17)12-3-1-7-22-11-12)23-13-5-6-15-14(9-13)21(30)27-8-2-4-18(27)20(29)24-15/h1,3,5-7,9,11,16-18,25-26H,2,4,8,10H2,(H,23,28)(H,24,29). The van der Waals surface area contributed by atoms with E-state index in [1.807, 2.05) is 12.1 Å². The number of fused-ring (bicyclic) bond motifs is 2. The van der Waals surface area contributed by atoms with Crippen LogP contribution in [-0.2, 0) is 9.59 Å². The first-order chi connectivity index (χ1) is 14.6. The van der Waals surface area contributed by atoms with Crippen LogP contribution in [0.4, 0.5) is 11.4 Å². The number of carbonyl (C=O) groups excluding carboxylic acids is 3. The number of hydrogen-bond acceptors (Lipinski definition) is 6. The fourth-order valence-corrected chi connectivity index (χ4v) is 4.32. The number of rotatable bonds is 3. The number of anilines is 2. The molecular formula is C21H22N6O3. The largest absolute Gasteiger partial charge is 0.327 e. The molecule has 5 rings (SSSR count). The van der Waals surface area contributed by atoms with Gasteiger partial charge >= 0.3 is 0 Å². The monoisotopic (exact) mass is 406 g/mol. The summed E-state index contributed by atoms with van der Waals surface area (Å²) in [5.74, 6) is -0.531. The summed E-state index contributed by atoms with van der Waals surface area (Å²) in [6.45, 7) is 0.570. The minimum absolute atomic E-state index is 0.00890. The first-order valence-electron chi connectivity index (χ1n) is 10.1. The van der Waals surface area contributed by atoms with Crippen LogP contribution in [0, 0.1) is 0 Å². The highest BCUT2D eigenvalue weighted by atomic mass is 16.2. The first-order valence-corrected chi connectivity index (χ1v) is 10.1. The van der Waals surface area contributed by atoms with Crippen molar-refractivity contribution in [1.29, 1.82) is 0 Å². The summed E-state index contributed by atoms with van der Waals surface area (Å²) in [6.07, 6.45) is 5.55. The molecule has 3 aliphatic rings. The lowest BCUT2D eigenvalue weighted by Crippen LogP contribution is -2.40. The average Bonchev–Trinajstić information content (AvgIpc) is 3.43. The maximum absolute atomic E-state index is 13.0. The van der Waals surface area contributed by atoms with Gasteiger partial charge in [-0.3, -0.25) is 19.4 Å². The Morgan fingerprint density at radius 2 is 2.10 bits per heavy atom. The van der Waals surface area contributed by atoms with Gasteiger partial charge in [0, 0.05) is 30.7 Å². The quantitative estimate of drug-likeness (QED) is 0.609. The molecule has 2 fully saturated rings. The maximum atomic E-state index is 13.0. The number of nitrogens with one attached hydrogen (secondary N) is 4. The molecule has 154 valence electrons. The smallest absolute Gasteiger partial charge is 0.256 e. The Hall–Kier alpha value is -3.30. The van der Waals surface area contributed by atoms with Gasteiger partial charge in [-0.15, -0.1) is 0 Å². The first kappa shape index (κ1) is 18.7. The number of hydrogen-bond donors (Lipinski definition) is 4. The molecule has 3 amide bonds. The normalized spacial score (nSPS) is 25.3. The van der Waals surface area contributed by atoms with E-state index in [2.05, 4.69) is 26.5 Å². The predicted molar refractivity (Wildman–Crippen MR) is 109 cm³/mol. The lowest BCUT2D eigenvalue weighted by atomic mass is 10.0. The van der Waals surface area contributed by atoms with Crippen LogP contribution in [0.15, 0.2) is 42.7 Å². The molecule has 9 nitrogen and oxygen atoms in total. The van der Waals surface area contributed by atoms with Gasteiger partial charge in [-0.2, -0.15) is 0 Å². The third kappa shape index (κ3) is 3.31. The number of benzene rings is 1. The van der Waals surface area contributed by atoms with Gasteiger partial charge < -0.3 is 15.5 Å². The van der Waals surface area contributed by atoms with Crippen molar-refractivity contribution in [1.82, 2.24) is 20.7 Å². The Kier molecular flexibility index (Phi) is 4.68. The maximum Gasteiger partial charge on any atom is 0.256 e. The summed E-state index contributed by atoms with van der Waals surface area (Å²) in [4.78, 5) is 43.8. The third-order valence-corrected chi connectivity index (χ3v) is 5.90. The second kappa shape index (κ2) is 7.51. The van der Waals surface area contributed by atoms with Crippen molar-refractivity contribution in [3.05, 3.63) is 53.9 Å². The Morgan fingerprint density at radius 1 is 1.20 bits per heavy atom. The highest BCUT2D eigenvalue weighted by molar-refractivity contribution is 6.11. The lowest BCUT2D eigenvalue weighted by Gasteiger charge is -2.20. The zero-order valence-electron chi connectivity index (χ0n) is 16.2. The van der Waals surface area contributed by atoms with E-state index in [1.165, 1.54) is 0 Å². The molecule has 3 atom stereocenters. The second-order valence-corrected chi connectivity index (χ2v) is 7.81. The predicted octanol–water partition coefficient (Wildman–Crippen LogP) is 1.18. The number of carbonyl (C=O) groups is 3. The van der Waals surface area contributed by atoms with Crippen LogP contribution in [0.2, 0.25) is 0 Å². The molecule has 30 heavy (non-hydrogen) atoms. The molecule has 2 saturated heterocycles. The summed E-state index contributed by atoms with van der Waals surface area (Å²) < 4.78 is 0. The second-order valence-electron chi connectivity index (χ2n) is 7.81. The third-order valence-electron chi connectivity index (χ3n) is 5.90. The van der Waals surface area contributed by atoms with Crippen LogP contribution in [0.25, 0.3) is 0 Å². The Labute approximate surface area is 173 Å². The summed E-state index contributed by atoms with van der Waals surface area (Å²) >= 11 is 0. The Balaban J connectivity index is 1.31. The van der Waals surface area contributed by atoms with E-state index >= 15 is 0 Å². The lowest BCUT2D eigenvalue weighted by molar-refractivity contribution is -0.119. The number of amides is 3. The van der Waals surface area contributed by atoms with Crippen molar-refractivity contribution in [3.8, 4) is 0 Å². The molecule has 3 unspecified atom stereocenters. The summed E-state index contributed by atoms with van der Waals surface area (Å²) in [7, 11) is 0. The van der Waals surface area contributed by atoms with Crippen LogP contribution >= 0.6 is 0 Å². The van der Waals surface area contributed by atoms with E-state index in [1.54, 1.807) is 35.5 Å². The minimum atomic E-state index is -0.424.